The van der Waals surface area contributed by atoms with Crippen molar-refractivity contribution in [1.82, 2.24) is 15.6 Å². The predicted octanol–water partition coefficient (Wildman–Crippen LogP) is 2.92. The molecule has 0 spiro atoms. The summed E-state index contributed by atoms with van der Waals surface area (Å²) in [6, 6.07) is 3.49. The minimum absolute atomic E-state index is 0.115. The number of aromatic nitrogens is 1. The maximum atomic E-state index is 12.3. The van der Waals surface area contributed by atoms with Gasteiger partial charge < -0.3 is 10.6 Å². The molecule has 0 unspecified atom stereocenters. The van der Waals surface area contributed by atoms with Crippen LogP contribution in [-0.2, 0) is 0 Å². The summed E-state index contributed by atoms with van der Waals surface area (Å²) in [5.41, 5.74) is 0.796. The molecule has 1 aliphatic carbocycles. The molecule has 2 amide bonds. The summed E-state index contributed by atoms with van der Waals surface area (Å²) in [7, 11) is 0. The molecule has 0 atom stereocenters. The molecule has 1 heterocycles. The smallest absolute Gasteiger partial charge is 0.269 e. The molecule has 1 fully saturated rings. The topological polar surface area (TPSA) is 71.1 Å². The van der Waals surface area contributed by atoms with Crippen LogP contribution in [0.2, 0.25) is 0 Å². The number of carbonyl (C=O) groups is 2. The Morgan fingerprint density at radius 3 is 2.65 bits per heavy atom. The molecule has 1 aromatic heterocycles. The van der Waals surface area contributed by atoms with Gasteiger partial charge in [0.05, 0.1) is 0 Å². The van der Waals surface area contributed by atoms with Gasteiger partial charge in [0, 0.05) is 24.3 Å². The lowest BCUT2D eigenvalue weighted by Gasteiger charge is -2.22. The summed E-state index contributed by atoms with van der Waals surface area (Å²) in [5.74, 6) is 0.198. The minimum atomic E-state index is -0.224. The first-order valence-corrected chi connectivity index (χ1v) is 8.61. The van der Waals surface area contributed by atoms with E-state index in [1.807, 2.05) is 0 Å². The molecule has 2 N–H and O–H groups in total. The van der Waals surface area contributed by atoms with Gasteiger partial charge in [0.2, 0.25) is 0 Å². The van der Waals surface area contributed by atoms with Crippen LogP contribution in [0.3, 0.4) is 0 Å². The number of rotatable bonds is 6. The summed E-state index contributed by atoms with van der Waals surface area (Å²) in [6.07, 6.45) is 8.12. The first-order valence-electron chi connectivity index (χ1n) is 8.61. The Morgan fingerprint density at radius 1 is 1.22 bits per heavy atom. The van der Waals surface area contributed by atoms with Crippen LogP contribution >= 0.6 is 0 Å². The van der Waals surface area contributed by atoms with Crippen molar-refractivity contribution in [2.45, 2.75) is 58.4 Å². The van der Waals surface area contributed by atoms with Crippen molar-refractivity contribution in [3.8, 4) is 0 Å². The largest absolute Gasteiger partial charge is 0.351 e. The average Bonchev–Trinajstić information content (AvgIpc) is 2.55. The molecule has 5 nitrogen and oxygen atoms in total. The molecule has 1 saturated carbocycles. The highest BCUT2D eigenvalue weighted by atomic mass is 16.2. The van der Waals surface area contributed by atoms with Gasteiger partial charge >= 0.3 is 0 Å². The van der Waals surface area contributed by atoms with E-state index in [-0.39, 0.29) is 17.9 Å². The van der Waals surface area contributed by atoms with Gasteiger partial charge in [0.25, 0.3) is 11.8 Å². The summed E-state index contributed by atoms with van der Waals surface area (Å²) >= 11 is 0. The maximum absolute atomic E-state index is 12.3. The average molecular weight is 317 g/mol. The molecule has 0 aromatic carbocycles. The van der Waals surface area contributed by atoms with E-state index < -0.39 is 0 Å². The second kappa shape index (κ2) is 8.65. The lowest BCUT2D eigenvalue weighted by atomic mass is 9.95. The SMILES string of the molecule is CC(C)CCNC(=O)c1cc(C(=O)NC2CCCCC2)ccn1. The standard InChI is InChI=1S/C18H27N3O2/c1-13(2)8-10-20-18(23)16-12-14(9-11-19-16)17(22)21-15-6-4-3-5-7-15/h9,11-13,15H,3-8,10H2,1-2H3,(H,20,23)(H,21,22). The van der Waals surface area contributed by atoms with Gasteiger partial charge in [-0.1, -0.05) is 33.1 Å². The number of nitrogens with one attached hydrogen (secondary N) is 2. The van der Waals surface area contributed by atoms with Crippen LogP contribution in [0.5, 0.6) is 0 Å². The Hall–Kier alpha value is -1.91. The lowest BCUT2D eigenvalue weighted by molar-refractivity contribution is 0.0927. The fourth-order valence-corrected chi connectivity index (χ4v) is 2.78. The van der Waals surface area contributed by atoms with Gasteiger partial charge in [-0.3, -0.25) is 14.6 Å². The molecule has 1 aliphatic rings. The third kappa shape index (κ3) is 5.66. The molecule has 2 rings (SSSR count). The second-order valence-electron chi connectivity index (χ2n) is 6.68. The van der Waals surface area contributed by atoms with Crippen molar-refractivity contribution in [2.24, 2.45) is 5.92 Å². The van der Waals surface area contributed by atoms with E-state index in [0.29, 0.717) is 23.7 Å². The fourth-order valence-electron chi connectivity index (χ4n) is 2.78. The Balaban J connectivity index is 1.92. The zero-order valence-corrected chi connectivity index (χ0v) is 14.1. The van der Waals surface area contributed by atoms with Crippen molar-refractivity contribution in [2.75, 3.05) is 6.54 Å². The molecular formula is C18H27N3O2. The van der Waals surface area contributed by atoms with Gasteiger partial charge in [-0.25, -0.2) is 0 Å². The first-order chi connectivity index (χ1) is 11.1. The lowest BCUT2D eigenvalue weighted by Crippen LogP contribution is -2.36. The van der Waals surface area contributed by atoms with Crippen LogP contribution in [0, 0.1) is 5.92 Å². The third-order valence-corrected chi connectivity index (χ3v) is 4.20. The van der Waals surface area contributed by atoms with E-state index in [9.17, 15) is 9.59 Å². The van der Waals surface area contributed by atoms with Gasteiger partial charge in [-0.05, 0) is 37.3 Å². The highest BCUT2D eigenvalue weighted by Gasteiger charge is 2.17. The number of amides is 2. The number of nitrogens with zero attached hydrogens (tertiary/aromatic N) is 1. The molecule has 0 saturated heterocycles. The fraction of sp³-hybridized carbons (Fsp3) is 0.611. The quantitative estimate of drug-likeness (QED) is 0.847. The molecular weight excluding hydrogens is 290 g/mol. The van der Waals surface area contributed by atoms with Crippen LogP contribution in [0.4, 0.5) is 0 Å². The highest BCUT2D eigenvalue weighted by molar-refractivity contribution is 5.98. The van der Waals surface area contributed by atoms with E-state index in [0.717, 1.165) is 19.3 Å². The minimum Gasteiger partial charge on any atom is -0.351 e. The zero-order chi connectivity index (χ0) is 16.7. The molecule has 0 aliphatic heterocycles. The first kappa shape index (κ1) is 17.4. The monoisotopic (exact) mass is 317 g/mol. The maximum Gasteiger partial charge on any atom is 0.269 e. The van der Waals surface area contributed by atoms with Gasteiger partial charge in [0.1, 0.15) is 5.69 Å². The molecule has 0 radical (unpaired) electrons. The number of hydrogen-bond acceptors (Lipinski definition) is 3. The Kier molecular flexibility index (Phi) is 6.56. The summed E-state index contributed by atoms with van der Waals surface area (Å²) in [4.78, 5) is 28.5. The Labute approximate surface area is 138 Å². The van der Waals surface area contributed by atoms with E-state index >= 15 is 0 Å². The van der Waals surface area contributed by atoms with Crippen LogP contribution in [-0.4, -0.2) is 29.4 Å². The summed E-state index contributed by atoms with van der Waals surface area (Å²) in [5, 5.41) is 5.91. The predicted molar refractivity (Wildman–Crippen MR) is 90.4 cm³/mol. The highest BCUT2D eigenvalue weighted by Crippen LogP contribution is 2.17. The van der Waals surface area contributed by atoms with Crippen molar-refractivity contribution in [1.29, 1.82) is 0 Å². The van der Waals surface area contributed by atoms with Crippen LogP contribution < -0.4 is 10.6 Å². The zero-order valence-electron chi connectivity index (χ0n) is 14.1. The van der Waals surface area contributed by atoms with E-state index in [1.165, 1.54) is 25.5 Å². The number of pyridine rings is 1. The Morgan fingerprint density at radius 2 is 1.96 bits per heavy atom. The molecule has 23 heavy (non-hydrogen) atoms. The second-order valence-corrected chi connectivity index (χ2v) is 6.68. The van der Waals surface area contributed by atoms with E-state index in [4.69, 9.17) is 0 Å². The van der Waals surface area contributed by atoms with Crippen molar-refractivity contribution in [3.05, 3.63) is 29.6 Å². The van der Waals surface area contributed by atoms with Crippen molar-refractivity contribution in [3.63, 3.8) is 0 Å². The summed E-state index contributed by atoms with van der Waals surface area (Å²) in [6.45, 7) is 4.85. The van der Waals surface area contributed by atoms with Crippen molar-refractivity contribution < 1.29 is 9.59 Å². The number of carbonyl (C=O) groups excluding carboxylic acids is 2. The van der Waals surface area contributed by atoms with Gasteiger partial charge in [-0.15, -0.1) is 0 Å². The van der Waals surface area contributed by atoms with E-state index in [2.05, 4.69) is 29.5 Å². The van der Waals surface area contributed by atoms with Gasteiger partial charge in [-0.2, -0.15) is 0 Å². The summed E-state index contributed by atoms with van der Waals surface area (Å²) < 4.78 is 0. The number of hydrogen-bond donors (Lipinski definition) is 2. The van der Waals surface area contributed by atoms with E-state index in [1.54, 1.807) is 12.1 Å². The van der Waals surface area contributed by atoms with Gasteiger partial charge in [0.15, 0.2) is 0 Å². The molecule has 1 aromatic rings. The normalized spacial score (nSPS) is 15.4. The molecule has 0 bridgehead atoms. The van der Waals surface area contributed by atoms with Crippen molar-refractivity contribution >= 4 is 11.8 Å². The van der Waals surface area contributed by atoms with Crippen LogP contribution in [0.15, 0.2) is 18.3 Å². The van der Waals surface area contributed by atoms with Crippen LogP contribution in [0.1, 0.15) is 73.2 Å². The molecule has 5 heteroatoms. The van der Waals surface area contributed by atoms with Crippen LogP contribution in [0.25, 0.3) is 0 Å². The Bertz CT molecular complexity index is 537. The molecule has 126 valence electrons. The third-order valence-electron chi connectivity index (χ3n) is 4.20.